The van der Waals surface area contributed by atoms with Gasteiger partial charge in [0, 0.05) is 23.8 Å². The zero-order valence-electron chi connectivity index (χ0n) is 17.6. The van der Waals surface area contributed by atoms with E-state index in [-0.39, 0.29) is 24.7 Å². The SMILES string of the molecule is CCn1c(=O)[nH]/c(=N\c2ccc(Oc3ccnc(N)n3)cc2)n(Cc2ccc(Cl)cc2)c1=O. The first-order valence-corrected chi connectivity index (χ1v) is 10.4. The number of nitrogens with zero attached hydrogens (tertiary/aromatic N) is 5. The molecule has 4 aromatic rings. The number of aromatic nitrogens is 5. The molecule has 0 bridgehead atoms. The molecule has 0 amide bonds. The van der Waals surface area contributed by atoms with Gasteiger partial charge in [0.05, 0.1) is 12.2 Å². The van der Waals surface area contributed by atoms with Crippen molar-refractivity contribution in [2.45, 2.75) is 20.0 Å². The van der Waals surface area contributed by atoms with Crippen LogP contribution in [-0.2, 0) is 13.1 Å². The number of anilines is 1. The average molecular weight is 466 g/mol. The van der Waals surface area contributed by atoms with Gasteiger partial charge in [-0.25, -0.2) is 24.1 Å². The summed E-state index contributed by atoms with van der Waals surface area (Å²) in [5, 5.41) is 0.591. The molecule has 4 rings (SSSR count). The van der Waals surface area contributed by atoms with E-state index in [0.29, 0.717) is 22.3 Å². The Morgan fingerprint density at radius 3 is 2.45 bits per heavy atom. The van der Waals surface area contributed by atoms with Crippen LogP contribution in [0, 0.1) is 0 Å². The summed E-state index contributed by atoms with van der Waals surface area (Å²) in [4.78, 5) is 40.3. The summed E-state index contributed by atoms with van der Waals surface area (Å²) in [6.45, 7) is 2.17. The Hall–Kier alpha value is -4.18. The molecule has 168 valence electrons. The molecule has 2 heterocycles. The first-order valence-electron chi connectivity index (χ1n) is 10.0. The Balaban J connectivity index is 1.71. The number of rotatable bonds is 6. The topological polar surface area (TPSA) is 133 Å². The van der Waals surface area contributed by atoms with Gasteiger partial charge in [0.1, 0.15) is 5.75 Å². The van der Waals surface area contributed by atoms with E-state index in [9.17, 15) is 9.59 Å². The number of nitrogens with one attached hydrogen (secondary N) is 1. The zero-order valence-corrected chi connectivity index (χ0v) is 18.4. The molecule has 0 unspecified atom stereocenters. The smallest absolute Gasteiger partial charge is 0.335 e. The number of H-pyrrole nitrogens is 1. The molecule has 0 radical (unpaired) electrons. The van der Waals surface area contributed by atoms with Gasteiger partial charge in [-0.1, -0.05) is 23.7 Å². The van der Waals surface area contributed by atoms with Crippen molar-refractivity contribution >= 4 is 23.2 Å². The maximum Gasteiger partial charge on any atom is 0.335 e. The number of benzene rings is 2. The zero-order chi connectivity index (χ0) is 23.4. The molecule has 0 spiro atoms. The van der Waals surface area contributed by atoms with E-state index in [2.05, 4.69) is 19.9 Å². The van der Waals surface area contributed by atoms with Crippen LogP contribution in [-0.4, -0.2) is 24.1 Å². The first-order chi connectivity index (χ1) is 15.9. The van der Waals surface area contributed by atoms with E-state index in [1.54, 1.807) is 49.4 Å². The quantitative estimate of drug-likeness (QED) is 0.449. The second-order valence-corrected chi connectivity index (χ2v) is 7.39. The fourth-order valence-electron chi connectivity index (χ4n) is 3.08. The van der Waals surface area contributed by atoms with Crippen molar-refractivity contribution < 1.29 is 4.74 Å². The molecule has 2 aromatic heterocycles. The van der Waals surface area contributed by atoms with Crippen molar-refractivity contribution in [3.8, 4) is 11.6 Å². The fourth-order valence-corrected chi connectivity index (χ4v) is 3.21. The van der Waals surface area contributed by atoms with E-state index in [4.69, 9.17) is 22.1 Å². The van der Waals surface area contributed by atoms with Crippen molar-refractivity contribution in [3.63, 3.8) is 0 Å². The second kappa shape index (κ2) is 9.53. The molecule has 0 aliphatic rings. The van der Waals surface area contributed by atoms with Gasteiger partial charge in [-0.15, -0.1) is 0 Å². The van der Waals surface area contributed by atoms with Gasteiger partial charge >= 0.3 is 11.4 Å². The van der Waals surface area contributed by atoms with Gasteiger partial charge in [-0.05, 0) is 48.9 Å². The molecule has 0 saturated heterocycles. The third kappa shape index (κ3) is 5.18. The minimum Gasteiger partial charge on any atom is -0.439 e. The van der Waals surface area contributed by atoms with E-state index >= 15 is 0 Å². The van der Waals surface area contributed by atoms with E-state index < -0.39 is 11.4 Å². The molecule has 0 aliphatic carbocycles. The van der Waals surface area contributed by atoms with E-state index in [1.165, 1.54) is 10.8 Å². The molecule has 0 atom stereocenters. The largest absolute Gasteiger partial charge is 0.439 e. The Bertz CT molecular complexity index is 1460. The molecule has 33 heavy (non-hydrogen) atoms. The Morgan fingerprint density at radius 1 is 1.06 bits per heavy atom. The third-order valence-electron chi connectivity index (χ3n) is 4.69. The minimum atomic E-state index is -0.532. The lowest BCUT2D eigenvalue weighted by Crippen LogP contribution is -2.49. The standard InChI is InChI=1S/C22H20ClN7O3/c1-2-29-21(31)28-20(30(22(29)32)13-14-3-5-15(23)6-4-14)26-16-7-9-17(10-8-16)33-18-11-12-25-19(24)27-18/h3-12H,2,13H2,1H3,(H2,24,25,27)(H,26,28,31). The van der Waals surface area contributed by atoms with E-state index in [1.807, 2.05) is 12.1 Å². The molecule has 0 aliphatic heterocycles. The van der Waals surface area contributed by atoms with Crippen molar-refractivity contribution in [3.05, 3.63) is 98.0 Å². The lowest BCUT2D eigenvalue weighted by Gasteiger charge is -2.10. The summed E-state index contributed by atoms with van der Waals surface area (Å²) in [6, 6.07) is 15.4. The number of nitrogen functional groups attached to an aromatic ring is 1. The van der Waals surface area contributed by atoms with Crippen molar-refractivity contribution in [1.82, 2.24) is 24.1 Å². The number of hydrogen-bond donors (Lipinski definition) is 2. The summed E-state index contributed by atoms with van der Waals surface area (Å²) in [5.41, 5.74) is 6.04. The monoisotopic (exact) mass is 465 g/mol. The maximum absolute atomic E-state index is 13.0. The lowest BCUT2D eigenvalue weighted by molar-refractivity contribution is 0.462. The Kier molecular flexibility index (Phi) is 6.36. The highest BCUT2D eigenvalue weighted by Crippen LogP contribution is 2.22. The highest BCUT2D eigenvalue weighted by molar-refractivity contribution is 6.30. The van der Waals surface area contributed by atoms with Crippen LogP contribution in [0.4, 0.5) is 11.6 Å². The molecule has 11 heteroatoms. The van der Waals surface area contributed by atoms with Gasteiger partial charge in [-0.2, -0.15) is 4.98 Å². The Morgan fingerprint density at radius 2 is 1.79 bits per heavy atom. The average Bonchev–Trinajstić information content (AvgIpc) is 2.79. The van der Waals surface area contributed by atoms with Gasteiger partial charge in [0.2, 0.25) is 17.4 Å². The summed E-state index contributed by atoms with van der Waals surface area (Å²) in [5.74, 6) is 0.923. The lowest BCUT2D eigenvalue weighted by atomic mass is 10.2. The summed E-state index contributed by atoms with van der Waals surface area (Å²) < 4.78 is 8.16. The maximum atomic E-state index is 13.0. The van der Waals surface area contributed by atoms with Crippen LogP contribution < -0.4 is 27.5 Å². The predicted octanol–water partition coefficient (Wildman–Crippen LogP) is 2.46. The predicted molar refractivity (Wildman–Crippen MR) is 124 cm³/mol. The van der Waals surface area contributed by atoms with Crippen molar-refractivity contribution in [2.24, 2.45) is 4.99 Å². The molecule has 10 nitrogen and oxygen atoms in total. The van der Waals surface area contributed by atoms with Crippen LogP contribution >= 0.6 is 11.6 Å². The molecular formula is C22H20ClN7O3. The van der Waals surface area contributed by atoms with Crippen LogP contribution in [0.15, 0.2) is 75.4 Å². The van der Waals surface area contributed by atoms with Crippen LogP contribution in [0.25, 0.3) is 0 Å². The molecule has 0 saturated carbocycles. The normalized spacial score (nSPS) is 11.5. The third-order valence-corrected chi connectivity index (χ3v) is 4.95. The van der Waals surface area contributed by atoms with Crippen LogP contribution in [0.3, 0.4) is 0 Å². The van der Waals surface area contributed by atoms with Crippen LogP contribution in [0.1, 0.15) is 12.5 Å². The van der Waals surface area contributed by atoms with Gasteiger partial charge < -0.3 is 10.5 Å². The van der Waals surface area contributed by atoms with Crippen LogP contribution in [0.2, 0.25) is 5.02 Å². The van der Waals surface area contributed by atoms with Crippen molar-refractivity contribution in [1.29, 1.82) is 0 Å². The first kappa shape index (κ1) is 22.0. The Labute approximate surface area is 192 Å². The second-order valence-electron chi connectivity index (χ2n) is 6.95. The summed E-state index contributed by atoms with van der Waals surface area (Å²) in [6.07, 6.45) is 1.50. The number of aromatic amines is 1. The fraction of sp³-hybridized carbons (Fsp3) is 0.136. The van der Waals surface area contributed by atoms with Gasteiger partial charge in [-0.3, -0.25) is 9.55 Å². The van der Waals surface area contributed by atoms with Gasteiger partial charge in [0.25, 0.3) is 0 Å². The molecule has 2 aromatic carbocycles. The number of hydrogen-bond acceptors (Lipinski definition) is 7. The van der Waals surface area contributed by atoms with Crippen LogP contribution in [0.5, 0.6) is 11.6 Å². The number of halogens is 1. The van der Waals surface area contributed by atoms with E-state index in [0.717, 1.165) is 10.1 Å². The number of ether oxygens (including phenoxy) is 1. The van der Waals surface area contributed by atoms with Gasteiger partial charge in [0.15, 0.2) is 0 Å². The summed E-state index contributed by atoms with van der Waals surface area (Å²) >= 11 is 5.96. The van der Waals surface area contributed by atoms with Crippen molar-refractivity contribution in [2.75, 3.05) is 5.73 Å². The molecule has 0 fully saturated rings. The molecule has 3 N–H and O–H groups in total. The highest BCUT2D eigenvalue weighted by atomic mass is 35.5. The molecular weight excluding hydrogens is 446 g/mol. The highest BCUT2D eigenvalue weighted by Gasteiger charge is 2.09. The number of nitrogens with two attached hydrogens (primary N) is 1. The summed E-state index contributed by atoms with van der Waals surface area (Å²) in [7, 11) is 0. The minimum absolute atomic E-state index is 0.107.